The fourth-order valence-electron chi connectivity index (χ4n) is 4.20. The molecule has 0 amide bonds. The van der Waals surface area contributed by atoms with E-state index < -0.39 is 52.9 Å². The van der Waals surface area contributed by atoms with E-state index in [9.17, 15) is 48.7 Å². The Morgan fingerprint density at radius 2 is 1.23 bits per heavy atom. The van der Waals surface area contributed by atoms with Crippen LogP contribution in [0.4, 0.5) is 43.9 Å². The molecule has 0 saturated heterocycles. The second-order valence-corrected chi connectivity index (χ2v) is 9.62. The van der Waals surface area contributed by atoms with Gasteiger partial charge in [-0.1, -0.05) is 32.0 Å². The largest absolute Gasteiger partial charge is 0.573 e. The summed E-state index contributed by atoms with van der Waals surface area (Å²) in [6, 6.07) is 7.28. The van der Waals surface area contributed by atoms with E-state index in [2.05, 4.69) is 4.74 Å². The van der Waals surface area contributed by atoms with Crippen LogP contribution in [0.3, 0.4) is 0 Å². The number of carbonyl (C=O) groups excluding carboxylic acids is 1. The highest BCUT2D eigenvalue weighted by Crippen LogP contribution is 2.41. The number of ether oxygens (including phenoxy) is 1. The van der Waals surface area contributed by atoms with Gasteiger partial charge in [0.1, 0.15) is 5.78 Å². The predicted octanol–water partition coefficient (Wildman–Crippen LogP) is 9.81. The maximum atomic E-state index is 14.5. The number of hydrogen-bond acceptors (Lipinski definition) is 2. The molecule has 0 bridgehead atoms. The molecule has 0 saturated carbocycles. The lowest BCUT2D eigenvalue weighted by Gasteiger charge is -2.20. The number of halogens is 10. The van der Waals surface area contributed by atoms with Gasteiger partial charge in [-0.2, -0.15) is 26.3 Å². The smallest absolute Gasteiger partial charge is 0.403 e. The van der Waals surface area contributed by atoms with Gasteiger partial charge in [0.15, 0.2) is 11.6 Å². The summed E-state index contributed by atoms with van der Waals surface area (Å²) in [5.74, 6) is -3.74. The van der Waals surface area contributed by atoms with Crippen LogP contribution in [-0.4, -0.2) is 12.1 Å². The van der Waals surface area contributed by atoms with Gasteiger partial charge in [0.2, 0.25) is 0 Å². The summed E-state index contributed by atoms with van der Waals surface area (Å²) in [5.41, 5.74) is -3.51. The van der Waals surface area contributed by atoms with Crippen LogP contribution in [0.5, 0.6) is 5.75 Å². The van der Waals surface area contributed by atoms with Crippen LogP contribution >= 0.6 is 0 Å². The summed E-state index contributed by atoms with van der Waals surface area (Å²) < 4.78 is 137. The fourth-order valence-corrected chi connectivity index (χ4v) is 4.20. The topological polar surface area (TPSA) is 26.3 Å². The van der Waals surface area contributed by atoms with Crippen molar-refractivity contribution in [2.75, 3.05) is 0 Å². The van der Waals surface area contributed by atoms with Crippen molar-refractivity contribution in [1.29, 1.82) is 0 Å². The number of Topliss-reactive ketones (excluding diaryl/α,β-unsaturated/α-hetero) is 1. The van der Waals surface area contributed by atoms with E-state index in [0.29, 0.717) is 24.3 Å². The molecule has 12 heteroatoms. The van der Waals surface area contributed by atoms with Gasteiger partial charge in [0.05, 0.1) is 11.1 Å². The Labute approximate surface area is 222 Å². The van der Waals surface area contributed by atoms with Gasteiger partial charge in [-0.15, -0.1) is 13.2 Å². The number of hydrogen-bond donors (Lipinski definition) is 0. The molecule has 0 fully saturated rings. The lowest BCUT2D eigenvalue weighted by atomic mass is 9.84. The summed E-state index contributed by atoms with van der Waals surface area (Å²) in [4.78, 5) is 12.5. The molecule has 3 aromatic rings. The molecule has 216 valence electrons. The van der Waals surface area contributed by atoms with Crippen LogP contribution < -0.4 is 4.74 Å². The van der Waals surface area contributed by atoms with Crippen molar-refractivity contribution >= 4 is 5.78 Å². The minimum absolute atomic E-state index is 0.0276. The second-order valence-electron chi connectivity index (χ2n) is 9.62. The lowest BCUT2D eigenvalue weighted by molar-refractivity contribution is -0.275. The third-order valence-electron chi connectivity index (χ3n) is 5.97. The number of carbonyl (C=O) groups is 1. The van der Waals surface area contributed by atoms with Crippen molar-refractivity contribution in [3.63, 3.8) is 0 Å². The number of alkyl halides is 9. The highest BCUT2D eigenvalue weighted by atomic mass is 19.4. The van der Waals surface area contributed by atoms with E-state index >= 15 is 0 Å². The molecule has 0 N–H and O–H groups in total. The highest BCUT2D eigenvalue weighted by molar-refractivity contribution is 5.85. The van der Waals surface area contributed by atoms with Gasteiger partial charge in [-0.25, -0.2) is 4.39 Å². The molecule has 0 radical (unpaired) electrons. The third-order valence-corrected chi connectivity index (χ3v) is 5.97. The second kappa shape index (κ2) is 11.1. The van der Waals surface area contributed by atoms with Crippen LogP contribution in [0, 0.1) is 11.7 Å². The summed E-state index contributed by atoms with van der Waals surface area (Å²) in [5, 5.41) is 0. The molecule has 0 spiro atoms. The average Bonchev–Trinajstić information content (AvgIpc) is 2.81. The van der Waals surface area contributed by atoms with Crippen LogP contribution in [0.15, 0.2) is 54.6 Å². The maximum Gasteiger partial charge on any atom is 0.573 e. The summed E-state index contributed by atoms with van der Waals surface area (Å²) in [7, 11) is 0. The van der Waals surface area contributed by atoms with Gasteiger partial charge in [0, 0.05) is 5.92 Å². The van der Waals surface area contributed by atoms with Crippen molar-refractivity contribution in [3.05, 3.63) is 77.1 Å². The highest BCUT2D eigenvalue weighted by Gasteiger charge is 2.37. The quantitative estimate of drug-likeness (QED) is 0.260. The molecule has 0 aromatic heterocycles. The SMILES string of the molecule is CC(=O)C(CC(C)C)c1cc(-c2cc(C(F)(F)F)cc(C(F)(F)F)c2)cc(-c2ccc(OC(F)(F)F)c(F)c2)c1. The summed E-state index contributed by atoms with van der Waals surface area (Å²) in [6.45, 7) is 4.88. The molecular weight excluding hydrogens is 558 g/mol. The minimum atomic E-state index is -5.18. The van der Waals surface area contributed by atoms with E-state index in [-0.39, 0.29) is 46.4 Å². The first-order valence-corrected chi connectivity index (χ1v) is 11.8. The third kappa shape index (κ3) is 7.76. The monoisotopic (exact) mass is 580 g/mol. The van der Waals surface area contributed by atoms with E-state index in [1.54, 1.807) is 13.8 Å². The van der Waals surface area contributed by atoms with Crippen molar-refractivity contribution in [3.8, 4) is 28.0 Å². The zero-order valence-corrected chi connectivity index (χ0v) is 21.2. The Balaban J connectivity index is 2.30. The van der Waals surface area contributed by atoms with Crippen molar-refractivity contribution in [2.45, 2.75) is 51.8 Å². The number of benzene rings is 3. The molecule has 1 unspecified atom stereocenters. The van der Waals surface area contributed by atoms with Crippen LogP contribution in [-0.2, 0) is 17.1 Å². The van der Waals surface area contributed by atoms with E-state index in [4.69, 9.17) is 0 Å². The first kappa shape index (κ1) is 31.0. The molecular formula is C28H22F10O2. The molecule has 40 heavy (non-hydrogen) atoms. The molecule has 0 heterocycles. The van der Waals surface area contributed by atoms with Crippen molar-refractivity contribution in [1.82, 2.24) is 0 Å². The molecule has 0 aliphatic rings. The normalized spacial score (nSPS) is 13.4. The first-order chi connectivity index (χ1) is 18.2. The van der Waals surface area contributed by atoms with Gasteiger partial charge < -0.3 is 4.74 Å². The molecule has 1 atom stereocenters. The van der Waals surface area contributed by atoms with Gasteiger partial charge in [0.25, 0.3) is 0 Å². The summed E-state index contributed by atoms with van der Waals surface area (Å²) in [6.07, 6.45) is -15.1. The number of rotatable bonds is 7. The first-order valence-electron chi connectivity index (χ1n) is 11.8. The van der Waals surface area contributed by atoms with E-state index in [1.807, 2.05) is 0 Å². The van der Waals surface area contributed by atoms with Gasteiger partial charge in [-0.05, 0) is 83.5 Å². The van der Waals surface area contributed by atoms with Crippen molar-refractivity contribution < 1.29 is 53.4 Å². The summed E-state index contributed by atoms with van der Waals surface area (Å²) >= 11 is 0. The molecule has 3 aromatic carbocycles. The predicted molar refractivity (Wildman–Crippen MR) is 127 cm³/mol. The molecule has 0 aliphatic carbocycles. The zero-order valence-electron chi connectivity index (χ0n) is 21.2. The molecule has 2 nitrogen and oxygen atoms in total. The molecule has 3 rings (SSSR count). The van der Waals surface area contributed by atoms with Crippen molar-refractivity contribution in [2.24, 2.45) is 5.92 Å². The Bertz CT molecular complexity index is 1350. The lowest BCUT2D eigenvalue weighted by Crippen LogP contribution is -2.17. The van der Waals surface area contributed by atoms with Gasteiger partial charge >= 0.3 is 18.7 Å². The van der Waals surface area contributed by atoms with Gasteiger partial charge in [-0.3, -0.25) is 4.79 Å². The maximum absolute atomic E-state index is 14.5. The average molecular weight is 580 g/mol. The Hall–Kier alpha value is -3.57. The number of ketones is 1. The molecule has 0 aliphatic heterocycles. The minimum Gasteiger partial charge on any atom is -0.403 e. The standard InChI is InChI=1S/C28H22F10O2/c1-14(2)6-23(15(3)39)20-8-17(16-4-5-25(24(29)12-16)40-28(36,37)38)7-18(9-20)19-10-21(26(30,31)32)13-22(11-19)27(33,34)35/h4-5,7-14,23H,6H2,1-3H3. The Morgan fingerprint density at radius 1 is 0.725 bits per heavy atom. The Kier molecular flexibility index (Phi) is 8.62. The van der Waals surface area contributed by atoms with Crippen LogP contribution in [0.1, 0.15) is 49.8 Å². The van der Waals surface area contributed by atoms with Crippen LogP contribution in [0.25, 0.3) is 22.3 Å². The van der Waals surface area contributed by atoms with Crippen LogP contribution in [0.2, 0.25) is 0 Å². The van der Waals surface area contributed by atoms with E-state index in [0.717, 1.165) is 6.07 Å². The Morgan fingerprint density at radius 3 is 1.65 bits per heavy atom. The fraction of sp³-hybridized carbons (Fsp3) is 0.321. The van der Waals surface area contributed by atoms with E-state index in [1.165, 1.54) is 25.1 Å². The zero-order chi connectivity index (χ0) is 30.2.